The predicted octanol–water partition coefficient (Wildman–Crippen LogP) is 0.0428. The summed E-state index contributed by atoms with van der Waals surface area (Å²) in [5.41, 5.74) is 5.00. The molecule has 1 heterocycles. The fourth-order valence-electron chi connectivity index (χ4n) is 1.72. The molecule has 4 heteroatoms. The van der Waals surface area contributed by atoms with Gasteiger partial charge in [-0.25, -0.2) is 4.79 Å². The maximum atomic E-state index is 10.5. The Morgan fingerprint density at radius 2 is 2.58 bits per heavy atom. The second-order valence-corrected chi connectivity index (χ2v) is 3.50. The Bertz CT molecular complexity index is 154. The van der Waals surface area contributed by atoms with Gasteiger partial charge in [0.25, 0.3) is 0 Å². The summed E-state index contributed by atoms with van der Waals surface area (Å²) in [5, 5.41) is 5.97. The molecule has 2 unspecified atom stereocenters. The Morgan fingerprint density at radius 3 is 3.08 bits per heavy atom. The average molecular weight is 171 g/mol. The largest absolute Gasteiger partial charge is 0.352 e. The number of amides is 2. The average Bonchev–Trinajstić information content (AvgIpc) is 2.37. The molecule has 0 bridgehead atoms. The molecule has 0 aromatic rings. The summed E-state index contributed by atoms with van der Waals surface area (Å²) >= 11 is 0. The summed E-state index contributed by atoms with van der Waals surface area (Å²) in [6.07, 6.45) is 2.24. The third kappa shape index (κ3) is 3.09. The van der Waals surface area contributed by atoms with E-state index in [1.165, 1.54) is 6.42 Å². The van der Waals surface area contributed by atoms with Crippen LogP contribution in [-0.2, 0) is 0 Å². The number of carbonyl (C=O) groups is 1. The molecule has 0 spiro atoms. The fourth-order valence-corrected chi connectivity index (χ4v) is 1.72. The second-order valence-electron chi connectivity index (χ2n) is 3.50. The molecule has 1 fully saturated rings. The zero-order chi connectivity index (χ0) is 8.97. The molecule has 2 atom stereocenters. The maximum Gasteiger partial charge on any atom is 0.312 e. The van der Waals surface area contributed by atoms with Crippen LogP contribution in [0.1, 0.15) is 19.8 Å². The highest BCUT2D eigenvalue weighted by atomic mass is 16.2. The van der Waals surface area contributed by atoms with Crippen molar-refractivity contribution < 1.29 is 4.79 Å². The van der Waals surface area contributed by atoms with Gasteiger partial charge in [0.05, 0.1) is 0 Å². The summed E-state index contributed by atoms with van der Waals surface area (Å²) < 4.78 is 0. The van der Waals surface area contributed by atoms with Crippen molar-refractivity contribution in [3.8, 4) is 0 Å². The van der Waals surface area contributed by atoms with Crippen molar-refractivity contribution in [1.29, 1.82) is 0 Å². The zero-order valence-corrected chi connectivity index (χ0v) is 7.47. The highest BCUT2D eigenvalue weighted by molar-refractivity contribution is 5.71. The van der Waals surface area contributed by atoms with E-state index >= 15 is 0 Å². The minimum Gasteiger partial charge on any atom is -0.352 e. The van der Waals surface area contributed by atoms with E-state index in [1.54, 1.807) is 0 Å². The molecule has 2 amide bonds. The van der Waals surface area contributed by atoms with E-state index in [9.17, 15) is 4.79 Å². The van der Waals surface area contributed by atoms with Gasteiger partial charge in [0.1, 0.15) is 0 Å². The fraction of sp³-hybridized carbons (Fsp3) is 0.875. The first-order valence-corrected chi connectivity index (χ1v) is 4.45. The van der Waals surface area contributed by atoms with Crippen LogP contribution in [0.3, 0.4) is 0 Å². The van der Waals surface area contributed by atoms with E-state index in [0.717, 1.165) is 19.5 Å². The lowest BCUT2D eigenvalue weighted by Crippen LogP contribution is -2.38. The van der Waals surface area contributed by atoms with E-state index < -0.39 is 6.03 Å². The van der Waals surface area contributed by atoms with Crippen molar-refractivity contribution in [3.63, 3.8) is 0 Å². The topological polar surface area (TPSA) is 67.2 Å². The van der Waals surface area contributed by atoms with Crippen LogP contribution in [0.5, 0.6) is 0 Å². The molecule has 0 aromatic carbocycles. The van der Waals surface area contributed by atoms with E-state index in [0.29, 0.717) is 5.92 Å². The van der Waals surface area contributed by atoms with Gasteiger partial charge in [-0.3, -0.25) is 0 Å². The van der Waals surface area contributed by atoms with Crippen molar-refractivity contribution >= 4 is 6.03 Å². The molecule has 12 heavy (non-hydrogen) atoms. The van der Waals surface area contributed by atoms with E-state index in [-0.39, 0.29) is 6.04 Å². The molecule has 1 saturated heterocycles. The first-order valence-electron chi connectivity index (χ1n) is 4.45. The Labute approximate surface area is 72.9 Å². The number of carbonyl (C=O) groups excluding carboxylic acids is 1. The number of hydrogen-bond acceptors (Lipinski definition) is 2. The van der Waals surface area contributed by atoms with E-state index in [1.807, 2.05) is 6.92 Å². The Hall–Kier alpha value is -0.770. The van der Waals surface area contributed by atoms with Crippen LogP contribution >= 0.6 is 0 Å². The molecule has 0 aromatic heterocycles. The van der Waals surface area contributed by atoms with Gasteiger partial charge in [-0.1, -0.05) is 0 Å². The van der Waals surface area contributed by atoms with Crippen molar-refractivity contribution in [2.45, 2.75) is 25.8 Å². The number of hydrogen-bond donors (Lipinski definition) is 3. The highest BCUT2D eigenvalue weighted by Gasteiger charge is 2.17. The van der Waals surface area contributed by atoms with Crippen LogP contribution in [0.15, 0.2) is 0 Å². The van der Waals surface area contributed by atoms with Crippen LogP contribution in [0.25, 0.3) is 0 Å². The maximum absolute atomic E-state index is 10.5. The van der Waals surface area contributed by atoms with Gasteiger partial charge in [0.15, 0.2) is 0 Å². The van der Waals surface area contributed by atoms with Crippen LogP contribution in [0.2, 0.25) is 0 Å². The lowest BCUT2D eigenvalue weighted by molar-refractivity contribution is 0.244. The molecule has 70 valence electrons. The third-order valence-electron chi connectivity index (χ3n) is 2.24. The molecular formula is C8H17N3O. The molecule has 0 saturated carbocycles. The van der Waals surface area contributed by atoms with Crippen molar-refractivity contribution in [2.24, 2.45) is 11.7 Å². The van der Waals surface area contributed by atoms with E-state index in [2.05, 4.69) is 10.6 Å². The van der Waals surface area contributed by atoms with Gasteiger partial charge in [-0.15, -0.1) is 0 Å². The molecule has 4 N–H and O–H groups in total. The van der Waals surface area contributed by atoms with Gasteiger partial charge in [-0.2, -0.15) is 0 Å². The first kappa shape index (κ1) is 9.32. The second kappa shape index (κ2) is 4.30. The lowest BCUT2D eigenvalue weighted by Gasteiger charge is -2.15. The standard InChI is InChI=1S/C8H17N3O/c1-6(11-8(9)12)4-7-2-3-10-5-7/h6-7,10H,2-5H2,1H3,(H3,9,11,12). The highest BCUT2D eigenvalue weighted by Crippen LogP contribution is 2.13. The van der Waals surface area contributed by atoms with Gasteiger partial charge in [0, 0.05) is 6.04 Å². The normalized spacial score (nSPS) is 25.2. The van der Waals surface area contributed by atoms with Crippen LogP contribution in [0.4, 0.5) is 4.79 Å². The minimum atomic E-state index is -0.423. The number of rotatable bonds is 3. The molecule has 1 aliphatic heterocycles. The molecule has 0 radical (unpaired) electrons. The van der Waals surface area contributed by atoms with Crippen molar-refractivity contribution in [1.82, 2.24) is 10.6 Å². The Morgan fingerprint density at radius 1 is 1.83 bits per heavy atom. The van der Waals surface area contributed by atoms with E-state index in [4.69, 9.17) is 5.73 Å². The number of nitrogens with one attached hydrogen (secondary N) is 2. The van der Waals surface area contributed by atoms with Crippen LogP contribution in [-0.4, -0.2) is 25.2 Å². The zero-order valence-electron chi connectivity index (χ0n) is 7.47. The molecular weight excluding hydrogens is 154 g/mol. The Kier molecular flexibility index (Phi) is 3.34. The van der Waals surface area contributed by atoms with Gasteiger partial charge >= 0.3 is 6.03 Å². The summed E-state index contributed by atoms with van der Waals surface area (Å²) in [5.74, 6) is 0.701. The predicted molar refractivity (Wildman–Crippen MR) is 47.8 cm³/mol. The van der Waals surface area contributed by atoms with Crippen molar-refractivity contribution in [3.05, 3.63) is 0 Å². The molecule has 1 aliphatic rings. The lowest BCUT2D eigenvalue weighted by atomic mass is 10.0. The Balaban J connectivity index is 2.16. The van der Waals surface area contributed by atoms with Gasteiger partial charge in [0.2, 0.25) is 0 Å². The number of nitrogens with two attached hydrogens (primary N) is 1. The quantitative estimate of drug-likeness (QED) is 0.561. The summed E-state index contributed by atoms with van der Waals surface area (Å²) in [7, 11) is 0. The van der Waals surface area contributed by atoms with Gasteiger partial charge in [-0.05, 0) is 38.8 Å². The smallest absolute Gasteiger partial charge is 0.312 e. The minimum absolute atomic E-state index is 0.201. The molecule has 4 nitrogen and oxygen atoms in total. The molecule has 0 aliphatic carbocycles. The number of urea groups is 1. The summed E-state index contributed by atoms with van der Waals surface area (Å²) in [4.78, 5) is 10.5. The number of primary amides is 1. The first-order chi connectivity index (χ1) is 5.68. The van der Waals surface area contributed by atoms with Gasteiger partial charge < -0.3 is 16.4 Å². The molecule has 1 rings (SSSR count). The summed E-state index contributed by atoms with van der Waals surface area (Å²) in [6, 6.07) is -0.221. The van der Waals surface area contributed by atoms with Crippen LogP contribution < -0.4 is 16.4 Å². The van der Waals surface area contributed by atoms with Crippen molar-refractivity contribution in [2.75, 3.05) is 13.1 Å². The summed E-state index contributed by atoms with van der Waals surface area (Å²) in [6.45, 7) is 4.17. The SMILES string of the molecule is CC(CC1CCNC1)NC(N)=O. The van der Waals surface area contributed by atoms with Crippen LogP contribution in [0, 0.1) is 5.92 Å². The monoisotopic (exact) mass is 171 g/mol. The third-order valence-corrected chi connectivity index (χ3v) is 2.24.